The summed E-state index contributed by atoms with van der Waals surface area (Å²) in [5.74, 6) is 0. The lowest BCUT2D eigenvalue weighted by Gasteiger charge is -2.14. The molecule has 1 rings (SSSR count). The Morgan fingerprint density at radius 2 is 1.31 bits per heavy atom. The fourth-order valence-electron chi connectivity index (χ4n) is 1.60. The molecular weight excluding hydrogens is 180 g/mol. The number of hydrogen-bond donors (Lipinski definition) is 0. The van der Waals surface area contributed by atoms with Gasteiger partial charge in [0.15, 0.2) is 0 Å². The van der Waals surface area contributed by atoms with E-state index in [4.69, 9.17) is 11.6 Å². The van der Waals surface area contributed by atoms with E-state index in [1.54, 1.807) is 0 Å². The van der Waals surface area contributed by atoms with Gasteiger partial charge in [-0.25, -0.2) is 0 Å². The van der Waals surface area contributed by atoms with Gasteiger partial charge in [0.05, 0.1) is 0 Å². The molecule has 0 aliphatic carbocycles. The summed E-state index contributed by atoms with van der Waals surface area (Å²) in [7, 11) is 0. The van der Waals surface area contributed by atoms with Gasteiger partial charge in [0.25, 0.3) is 0 Å². The standard InChI is InChI=1S/C12H15Cl/c1-6-11-7(2)9(4)12(13)10(5)8(11)3/h6H,1H2,2-5H3. The molecule has 1 aromatic rings. The van der Waals surface area contributed by atoms with Gasteiger partial charge < -0.3 is 0 Å². The molecule has 0 heterocycles. The average Bonchev–Trinajstić information content (AvgIpc) is 2.13. The minimum atomic E-state index is 0.889. The lowest BCUT2D eigenvalue weighted by atomic mass is 9.94. The van der Waals surface area contributed by atoms with Crippen molar-refractivity contribution in [1.82, 2.24) is 0 Å². The number of benzene rings is 1. The summed E-state index contributed by atoms with van der Waals surface area (Å²) < 4.78 is 0. The highest BCUT2D eigenvalue weighted by Gasteiger charge is 2.10. The molecule has 0 N–H and O–H groups in total. The van der Waals surface area contributed by atoms with Crippen LogP contribution in [0.1, 0.15) is 27.8 Å². The lowest BCUT2D eigenvalue weighted by Crippen LogP contribution is -1.96. The highest BCUT2D eigenvalue weighted by atomic mass is 35.5. The molecule has 0 amide bonds. The van der Waals surface area contributed by atoms with Crippen LogP contribution in [0.3, 0.4) is 0 Å². The van der Waals surface area contributed by atoms with E-state index in [9.17, 15) is 0 Å². The summed E-state index contributed by atoms with van der Waals surface area (Å²) in [6.07, 6.45) is 1.90. The van der Waals surface area contributed by atoms with Crippen molar-refractivity contribution < 1.29 is 0 Å². The maximum absolute atomic E-state index is 6.18. The Hall–Kier alpha value is -0.750. The molecule has 1 aromatic carbocycles. The fourth-order valence-corrected chi connectivity index (χ4v) is 1.89. The van der Waals surface area contributed by atoms with Crippen LogP contribution >= 0.6 is 11.6 Å². The molecule has 0 aromatic heterocycles. The van der Waals surface area contributed by atoms with E-state index >= 15 is 0 Å². The molecule has 0 radical (unpaired) electrons. The maximum Gasteiger partial charge on any atom is 0.0470 e. The number of rotatable bonds is 1. The molecular formula is C12H15Cl. The minimum absolute atomic E-state index is 0.889. The van der Waals surface area contributed by atoms with Gasteiger partial charge in [-0.05, 0) is 55.5 Å². The van der Waals surface area contributed by atoms with E-state index in [1.807, 2.05) is 6.08 Å². The van der Waals surface area contributed by atoms with Crippen LogP contribution in [0.4, 0.5) is 0 Å². The van der Waals surface area contributed by atoms with Crippen molar-refractivity contribution in [2.45, 2.75) is 27.7 Å². The van der Waals surface area contributed by atoms with Crippen LogP contribution in [0.5, 0.6) is 0 Å². The Morgan fingerprint density at radius 1 is 0.923 bits per heavy atom. The van der Waals surface area contributed by atoms with Crippen molar-refractivity contribution in [2.24, 2.45) is 0 Å². The topological polar surface area (TPSA) is 0 Å². The molecule has 0 atom stereocenters. The summed E-state index contributed by atoms with van der Waals surface area (Å²) in [5, 5.41) is 0.889. The summed E-state index contributed by atoms with van der Waals surface area (Å²) in [6, 6.07) is 0. The SMILES string of the molecule is C=Cc1c(C)c(C)c(Cl)c(C)c1C. The molecule has 13 heavy (non-hydrogen) atoms. The van der Waals surface area contributed by atoms with E-state index in [-0.39, 0.29) is 0 Å². The van der Waals surface area contributed by atoms with Crippen LogP contribution in [0, 0.1) is 27.7 Å². The highest BCUT2D eigenvalue weighted by molar-refractivity contribution is 6.32. The Bertz CT molecular complexity index is 333. The van der Waals surface area contributed by atoms with Crippen molar-refractivity contribution >= 4 is 17.7 Å². The van der Waals surface area contributed by atoms with Gasteiger partial charge >= 0.3 is 0 Å². The van der Waals surface area contributed by atoms with Crippen molar-refractivity contribution in [3.05, 3.63) is 39.4 Å². The van der Waals surface area contributed by atoms with E-state index in [0.29, 0.717) is 0 Å². The molecule has 0 saturated heterocycles. The van der Waals surface area contributed by atoms with E-state index in [0.717, 1.165) is 5.02 Å². The summed E-state index contributed by atoms with van der Waals surface area (Å²) in [4.78, 5) is 0. The summed E-state index contributed by atoms with van der Waals surface area (Å²) in [6.45, 7) is 12.1. The van der Waals surface area contributed by atoms with Crippen LogP contribution in [0.15, 0.2) is 6.58 Å². The van der Waals surface area contributed by atoms with Crippen molar-refractivity contribution in [2.75, 3.05) is 0 Å². The maximum atomic E-state index is 6.18. The first kappa shape index (κ1) is 10.3. The first-order valence-corrected chi connectivity index (χ1v) is 4.76. The zero-order valence-corrected chi connectivity index (χ0v) is 9.42. The van der Waals surface area contributed by atoms with Crippen molar-refractivity contribution in [3.63, 3.8) is 0 Å². The Labute approximate surface area is 85.2 Å². The van der Waals surface area contributed by atoms with Gasteiger partial charge in [0.2, 0.25) is 0 Å². The van der Waals surface area contributed by atoms with Gasteiger partial charge in [0.1, 0.15) is 0 Å². The van der Waals surface area contributed by atoms with Gasteiger partial charge in [0, 0.05) is 5.02 Å². The first-order chi connectivity index (χ1) is 6.00. The molecule has 0 fully saturated rings. The van der Waals surface area contributed by atoms with Crippen LogP contribution in [0.25, 0.3) is 6.08 Å². The second-order valence-electron chi connectivity index (χ2n) is 3.43. The Balaban J connectivity index is 3.66. The summed E-state index contributed by atoms with van der Waals surface area (Å²) >= 11 is 6.18. The van der Waals surface area contributed by atoms with Crippen LogP contribution < -0.4 is 0 Å². The molecule has 0 aliphatic heterocycles. The second-order valence-corrected chi connectivity index (χ2v) is 3.81. The molecule has 0 nitrogen and oxygen atoms in total. The first-order valence-electron chi connectivity index (χ1n) is 4.39. The number of hydrogen-bond acceptors (Lipinski definition) is 0. The smallest absolute Gasteiger partial charge is 0.0470 e. The van der Waals surface area contributed by atoms with E-state index in [1.165, 1.54) is 27.8 Å². The second kappa shape index (κ2) is 3.55. The van der Waals surface area contributed by atoms with Gasteiger partial charge in [-0.3, -0.25) is 0 Å². The predicted molar refractivity (Wildman–Crippen MR) is 60.5 cm³/mol. The Morgan fingerprint density at radius 3 is 1.62 bits per heavy atom. The quantitative estimate of drug-likeness (QED) is 0.628. The molecule has 0 saturated carbocycles. The number of halogens is 1. The van der Waals surface area contributed by atoms with Crippen molar-refractivity contribution in [3.8, 4) is 0 Å². The third-order valence-corrected chi connectivity index (χ3v) is 3.36. The third-order valence-electron chi connectivity index (χ3n) is 2.80. The van der Waals surface area contributed by atoms with Gasteiger partial charge in [-0.15, -0.1) is 0 Å². The molecule has 0 aliphatic rings. The molecule has 0 bridgehead atoms. The van der Waals surface area contributed by atoms with Crippen molar-refractivity contribution in [1.29, 1.82) is 0 Å². The average molecular weight is 195 g/mol. The predicted octanol–water partition coefficient (Wildman–Crippen LogP) is 4.22. The highest BCUT2D eigenvalue weighted by Crippen LogP contribution is 2.30. The van der Waals surface area contributed by atoms with Crippen LogP contribution in [-0.2, 0) is 0 Å². The zero-order valence-electron chi connectivity index (χ0n) is 8.66. The molecule has 70 valence electrons. The normalized spacial score (nSPS) is 10.2. The zero-order chi connectivity index (χ0) is 10.2. The fraction of sp³-hybridized carbons (Fsp3) is 0.333. The van der Waals surface area contributed by atoms with E-state index in [2.05, 4.69) is 34.3 Å². The molecule has 0 unspecified atom stereocenters. The monoisotopic (exact) mass is 194 g/mol. The lowest BCUT2D eigenvalue weighted by molar-refractivity contribution is 1.23. The van der Waals surface area contributed by atoms with E-state index < -0.39 is 0 Å². The van der Waals surface area contributed by atoms with Crippen LogP contribution in [0.2, 0.25) is 5.02 Å². The third kappa shape index (κ3) is 1.51. The van der Waals surface area contributed by atoms with Crippen LogP contribution in [-0.4, -0.2) is 0 Å². The van der Waals surface area contributed by atoms with Gasteiger partial charge in [-0.1, -0.05) is 24.3 Å². The summed E-state index contributed by atoms with van der Waals surface area (Å²) in [5.41, 5.74) is 6.03. The van der Waals surface area contributed by atoms with Gasteiger partial charge in [-0.2, -0.15) is 0 Å². The largest absolute Gasteiger partial charge is 0.0984 e. The Kier molecular flexibility index (Phi) is 2.82. The minimum Gasteiger partial charge on any atom is -0.0984 e. The molecule has 1 heteroatoms. The molecule has 0 spiro atoms.